The molecule has 1 aromatic heterocycles. The second-order valence-corrected chi connectivity index (χ2v) is 4.52. The fraction of sp³-hybridized carbons (Fsp3) is 0.667. The summed E-state index contributed by atoms with van der Waals surface area (Å²) in [6.45, 7) is 1.50. The molecule has 17 heavy (non-hydrogen) atoms. The molecule has 2 heterocycles. The smallest absolute Gasteiger partial charge is 0.237 e. The van der Waals surface area contributed by atoms with Crippen LogP contribution in [0.4, 0.5) is 0 Å². The Hall–Kier alpha value is -1.36. The SMILES string of the molecule is Cn1nccc1CNC(=O)C1CCCCCN1. The molecule has 5 nitrogen and oxygen atoms in total. The van der Waals surface area contributed by atoms with Crippen LogP contribution in [0.15, 0.2) is 12.3 Å². The number of rotatable bonds is 3. The third-order valence-corrected chi connectivity index (χ3v) is 3.24. The van der Waals surface area contributed by atoms with Gasteiger partial charge in [0.2, 0.25) is 5.91 Å². The monoisotopic (exact) mass is 236 g/mol. The summed E-state index contributed by atoms with van der Waals surface area (Å²) in [6.07, 6.45) is 6.21. The predicted octanol–water partition coefficient (Wildman–Crippen LogP) is 0.568. The largest absolute Gasteiger partial charge is 0.349 e. The lowest BCUT2D eigenvalue weighted by Gasteiger charge is -2.15. The molecular formula is C12H20N4O. The Kier molecular flexibility index (Phi) is 4.14. The van der Waals surface area contributed by atoms with E-state index in [4.69, 9.17) is 0 Å². The Morgan fingerprint density at radius 2 is 2.47 bits per heavy atom. The lowest BCUT2D eigenvalue weighted by Crippen LogP contribution is -2.43. The van der Waals surface area contributed by atoms with Crippen molar-refractivity contribution in [2.75, 3.05) is 6.54 Å². The maximum absolute atomic E-state index is 12.0. The highest BCUT2D eigenvalue weighted by Crippen LogP contribution is 2.08. The van der Waals surface area contributed by atoms with Crippen LogP contribution >= 0.6 is 0 Å². The van der Waals surface area contributed by atoms with Gasteiger partial charge in [0.15, 0.2) is 0 Å². The van der Waals surface area contributed by atoms with Crippen LogP contribution in [-0.2, 0) is 18.4 Å². The lowest BCUT2D eigenvalue weighted by atomic mass is 10.1. The van der Waals surface area contributed by atoms with Gasteiger partial charge in [-0.2, -0.15) is 5.10 Å². The van der Waals surface area contributed by atoms with Crippen LogP contribution in [-0.4, -0.2) is 28.3 Å². The van der Waals surface area contributed by atoms with Crippen molar-refractivity contribution in [2.45, 2.75) is 38.3 Å². The van der Waals surface area contributed by atoms with Crippen LogP contribution in [0.5, 0.6) is 0 Å². The normalized spacial score (nSPS) is 20.9. The summed E-state index contributed by atoms with van der Waals surface area (Å²) in [6, 6.07) is 1.89. The van der Waals surface area contributed by atoms with Crippen molar-refractivity contribution >= 4 is 5.91 Å². The average Bonchev–Trinajstić information content (AvgIpc) is 2.58. The van der Waals surface area contributed by atoms with Crippen LogP contribution in [0.3, 0.4) is 0 Å². The van der Waals surface area contributed by atoms with Gasteiger partial charge < -0.3 is 10.6 Å². The number of nitrogens with one attached hydrogen (secondary N) is 2. The van der Waals surface area contributed by atoms with Crippen molar-refractivity contribution < 1.29 is 4.79 Å². The third-order valence-electron chi connectivity index (χ3n) is 3.24. The Bertz CT molecular complexity index is 366. The van der Waals surface area contributed by atoms with Gasteiger partial charge in [0.1, 0.15) is 0 Å². The standard InChI is InChI=1S/C12H20N4O/c1-16-10(6-8-15-16)9-14-12(17)11-5-3-2-4-7-13-11/h6,8,11,13H,2-5,7,9H2,1H3,(H,14,17). The first-order valence-electron chi connectivity index (χ1n) is 6.25. The van der Waals surface area contributed by atoms with Gasteiger partial charge in [-0.05, 0) is 25.5 Å². The number of carbonyl (C=O) groups excluding carboxylic acids is 1. The van der Waals surface area contributed by atoms with E-state index in [0.717, 1.165) is 25.1 Å². The molecule has 0 saturated carbocycles. The van der Waals surface area contributed by atoms with Gasteiger partial charge in [0.05, 0.1) is 18.3 Å². The van der Waals surface area contributed by atoms with E-state index in [1.165, 1.54) is 12.8 Å². The fourth-order valence-corrected chi connectivity index (χ4v) is 2.13. The van der Waals surface area contributed by atoms with Crippen LogP contribution < -0.4 is 10.6 Å². The zero-order valence-corrected chi connectivity index (χ0v) is 10.3. The number of aromatic nitrogens is 2. The van der Waals surface area contributed by atoms with Crippen molar-refractivity contribution in [3.63, 3.8) is 0 Å². The predicted molar refractivity (Wildman–Crippen MR) is 65.3 cm³/mol. The summed E-state index contributed by atoms with van der Waals surface area (Å²) in [7, 11) is 1.88. The van der Waals surface area contributed by atoms with E-state index >= 15 is 0 Å². The minimum absolute atomic E-state index is 0.0225. The fourth-order valence-electron chi connectivity index (χ4n) is 2.13. The first-order chi connectivity index (χ1) is 8.27. The minimum atomic E-state index is -0.0225. The number of hydrogen-bond donors (Lipinski definition) is 2. The Labute approximate surface area is 102 Å². The first kappa shape index (κ1) is 12.1. The van der Waals surface area contributed by atoms with E-state index in [1.54, 1.807) is 10.9 Å². The second-order valence-electron chi connectivity index (χ2n) is 4.52. The van der Waals surface area contributed by atoms with Gasteiger partial charge in [-0.3, -0.25) is 9.48 Å². The summed E-state index contributed by atoms with van der Waals surface area (Å²) in [5.41, 5.74) is 1.02. The molecule has 0 aliphatic carbocycles. The summed E-state index contributed by atoms with van der Waals surface area (Å²) in [4.78, 5) is 12.0. The van der Waals surface area contributed by atoms with E-state index in [0.29, 0.717) is 6.54 Å². The number of nitrogens with zero attached hydrogens (tertiary/aromatic N) is 2. The Morgan fingerprint density at radius 1 is 1.59 bits per heavy atom. The Morgan fingerprint density at radius 3 is 3.24 bits per heavy atom. The molecule has 1 aliphatic heterocycles. The summed E-state index contributed by atoms with van der Waals surface area (Å²) >= 11 is 0. The molecule has 0 aromatic carbocycles. The molecule has 0 spiro atoms. The molecule has 2 rings (SSSR count). The molecule has 1 aliphatic rings. The van der Waals surface area contributed by atoms with E-state index in [1.807, 2.05) is 13.1 Å². The zero-order valence-electron chi connectivity index (χ0n) is 10.3. The average molecular weight is 236 g/mol. The quantitative estimate of drug-likeness (QED) is 0.806. The van der Waals surface area contributed by atoms with Gasteiger partial charge in [0.25, 0.3) is 0 Å². The van der Waals surface area contributed by atoms with Gasteiger partial charge in [-0.15, -0.1) is 0 Å². The van der Waals surface area contributed by atoms with E-state index < -0.39 is 0 Å². The molecule has 94 valence electrons. The molecule has 1 unspecified atom stereocenters. The molecule has 1 atom stereocenters. The maximum Gasteiger partial charge on any atom is 0.237 e. The number of carbonyl (C=O) groups is 1. The second kappa shape index (κ2) is 5.82. The lowest BCUT2D eigenvalue weighted by molar-refractivity contribution is -0.123. The maximum atomic E-state index is 12.0. The molecular weight excluding hydrogens is 216 g/mol. The van der Waals surface area contributed by atoms with Crippen LogP contribution in [0, 0.1) is 0 Å². The minimum Gasteiger partial charge on any atom is -0.349 e. The highest BCUT2D eigenvalue weighted by molar-refractivity contribution is 5.81. The van der Waals surface area contributed by atoms with Gasteiger partial charge >= 0.3 is 0 Å². The van der Waals surface area contributed by atoms with Gasteiger partial charge in [-0.1, -0.05) is 12.8 Å². The van der Waals surface area contributed by atoms with E-state index in [-0.39, 0.29) is 11.9 Å². The molecule has 0 bridgehead atoms. The number of hydrogen-bond acceptors (Lipinski definition) is 3. The molecule has 0 radical (unpaired) electrons. The zero-order chi connectivity index (χ0) is 12.1. The Balaban J connectivity index is 1.82. The first-order valence-corrected chi connectivity index (χ1v) is 6.25. The van der Waals surface area contributed by atoms with Crippen molar-refractivity contribution in [3.8, 4) is 0 Å². The molecule has 2 N–H and O–H groups in total. The molecule has 1 aromatic rings. The summed E-state index contributed by atoms with van der Waals surface area (Å²) in [5, 5.41) is 10.3. The molecule has 1 fully saturated rings. The molecule has 5 heteroatoms. The van der Waals surface area contributed by atoms with Gasteiger partial charge in [-0.25, -0.2) is 0 Å². The van der Waals surface area contributed by atoms with Crippen molar-refractivity contribution in [1.82, 2.24) is 20.4 Å². The summed E-state index contributed by atoms with van der Waals surface area (Å²) < 4.78 is 1.78. The highest BCUT2D eigenvalue weighted by Gasteiger charge is 2.19. The van der Waals surface area contributed by atoms with Crippen LogP contribution in [0.1, 0.15) is 31.4 Å². The highest BCUT2D eigenvalue weighted by atomic mass is 16.2. The topological polar surface area (TPSA) is 59.0 Å². The van der Waals surface area contributed by atoms with Gasteiger partial charge in [0, 0.05) is 13.2 Å². The number of aryl methyl sites for hydroxylation is 1. The number of amides is 1. The van der Waals surface area contributed by atoms with Crippen LogP contribution in [0.2, 0.25) is 0 Å². The summed E-state index contributed by atoms with van der Waals surface area (Å²) in [5.74, 6) is 0.105. The van der Waals surface area contributed by atoms with Crippen molar-refractivity contribution in [3.05, 3.63) is 18.0 Å². The van der Waals surface area contributed by atoms with Crippen molar-refractivity contribution in [1.29, 1.82) is 0 Å². The van der Waals surface area contributed by atoms with Crippen LogP contribution in [0.25, 0.3) is 0 Å². The van der Waals surface area contributed by atoms with E-state index in [9.17, 15) is 4.79 Å². The molecule has 1 amide bonds. The third kappa shape index (κ3) is 3.30. The van der Waals surface area contributed by atoms with E-state index in [2.05, 4.69) is 15.7 Å². The van der Waals surface area contributed by atoms with Crippen molar-refractivity contribution in [2.24, 2.45) is 7.05 Å². The molecule has 1 saturated heterocycles.